The van der Waals surface area contributed by atoms with Gasteiger partial charge in [0, 0.05) is 10.6 Å². The SMILES string of the molecule is C=CCOc1c(I)cc(C=C(C#N)c2ccccc2Cl)cc1I. The van der Waals surface area contributed by atoms with Gasteiger partial charge in [-0.3, -0.25) is 0 Å². The average molecular weight is 548 g/mol. The number of nitriles is 1. The maximum Gasteiger partial charge on any atom is 0.146 e. The lowest BCUT2D eigenvalue weighted by molar-refractivity contribution is 0.358. The number of benzene rings is 2. The molecule has 2 aromatic rings. The van der Waals surface area contributed by atoms with Crippen molar-refractivity contribution in [2.24, 2.45) is 0 Å². The second-order valence-corrected chi connectivity index (χ2v) is 7.29. The van der Waals surface area contributed by atoms with Gasteiger partial charge >= 0.3 is 0 Å². The summed E-state index contributed by atoms with van der Waals surface area (Å²) in [6.07, 6.45) is 3.55. The van der Waals surface area contributed by atoms with Crippen molar-refractivity contribution in [2.45, 2.75) is 0 Å². The van der Waals surface area contributed by atoms with E-state index in [1.807, 2.05) is 36.4 Å². The smallest absolute Gasteiger partial charge is 0.146 e. The van der Waals surface area contributed by atoms with Crippen LogP contribution in [0, 0.1) is 18.5 Å². The van der Waals surface area contributed by atoms with Crippen molar-refractivity contribution in [3.63, 3.8) is 0 Å². The third-order valence-corrected chi connectivity index (χ3v) is 4.89. The quantitative estimate of drug-likeness (QED) is 0.194. The molecule has 0 aromatic heterocycles. The predicted molar refractivity (Wildman–Crippen MR) is 113 cm³/mol. The summed E-state index contributed by atoms with van der Waals surface area (Å²) < 4.78 is 7.64. The van der Waals surface area contributed by atoms with Crippen LogP contribution in [0.2, 0.25) is 5.02 Å². The fourth-order valence-electron chi connectivity index (χ4n) is 1.96. The van der Waals surface area contributed by atoms with Crippen molar-refractivity contribution in [3.05, 3.63) is 72.3 Å². The first kappa shape index (κ1) is 18.3. The molecule has 0 heterocycles. The zero-order valence-corrected chi connectivity index (χ0v) is 17.1. The first-order valence-electron chi connectivity index (χ1n) is 6.66. The molecule has 23 heavy (non-hydrogen) atoms. The number of allylic oxidation sites excluding steroid dienone is 1. The molecular formula is C18H12ClI2NO. The van der Waals surface area contributed by atoms with Crippen LogP contribution in [0.1, 0.15) is 11.1 Å². The van der Waals surface area contributed by atoms with Crippen LogP contribution in [0.25, 0.3) is 11.6 Å². The van der Waals surface area contributed by atoms with E-state index >= 15 is 0 Å². The summed E-state index contributed by atoms with van der Waals surface area (Å²) >= 11 is 10.6. The summed E-state index contributed by atoms with van der Waals surface area (Å²) in [5.74, 6) is 0.833. The summed E-state index contributed by atoms with van der Waals surface area (Å²) in [6.45, 7) is 4.12. The van der Waals surface area contributed by atoms with E-state index in [2.05, 4.69) is 57.8 Å². The number of halogens is 3. The standard InChI is InChI=1S/C18H12ClI2NO/c1-2-7-23-18-16(20)9-12(10-17(18)21)8-13(11-22)14-5-3-4-6-15(14)19/h2-6,8-10H,1,7H2. The van der Waals surface area contributed by atoms with Crippen LogP contribution in [-0.4, -0.2) is 6.61 Å². The maximum atomic E-state index is 9.46. The molecule has 0 aliphatic carbocycles. The van der Waals surface area contributed by atoms with E-state index in [1.165, 1.54) is 0 Å². The Labute approximate surface area is 168 Å². The molecule has 2 nitrogen and oxygen atoms in total. The first-order valence-corrected chi connectivity index (χ1v) is 9.19. The Bertz CT molecular complexity index is 786. The first-order chi connectivity index (χ1) is 11.1. The van der Waals surface area contributed by atoms with E-state index < -0.39 is 0 Å². The molecule has 2 rings (SSSR count). The predicted octanol–water partition coefficient (Wildman–Crippen LogP) is 6.18. The van der Waals surface area contributed by atoms with Crippen LogP contribution in [0.4, 0.5) is 0 Å². The Hall–Kier alpha value is -1.04. The van der Waals surface area contributed by atoms with Gasteiger partial charge in [-0.1, -0.05) is 42.5 Å². The van der Waals surface area contributed by atoms with E-state index in [0.717, 1.165) is 24.0 Å². The van der Waals surface area contributed by atoms with E-state index in [-0.39, 0.29) is 0 Å². The molecule has 0 aliphatic rings. The Morgan fingerprint density at radius 3 is 2.48 bits per heavy atom. The van der Waals surface area contributed by atoms with Crippen LogP contribution in [-0.2, 0) is 0 Å². The van der Waals surface area contributed by atoms with Gasteiger partial charge in [0.2, 0.25) is 0 Å². The lowest BCUT2D eigenvalue weighted by atomic mass is 10.0. The Morgan fingerprint density at radius 1 is 1.26 bits per heavy atom. The van der Waals surface area contributed by atoms with E-state index in [0.29, 0.717) is 17.2 Å². The van der Waals surface area contributed by atoms with Gasteiger partial charge < -0.3 is 4.74 Å². The minimum Gasteiger partial charge on any atom is -0.487 e. The van der Waals surface area contributed by atoms with Gasteiger partial charge in [0.25, 0.3) is 0 Å². The lowest BCUT2D eigenvalue weighted by Gasteiger charge is -2.10. The van der Waals surface area contributed by atoms with Crippen molar-refractivity contribution in [1.82, 2.24) is 0 Å². The van der Waals surface area contributed by atoms with Gasteiger partial charge in [0.1, 0.15) is 12.4 Å². The molecule has 2 aromatic carbocycles. The number of hydrogen-bond acceptors (Lipinski definition) is 2. The van der Waals surface area contributed by atoms with Crippen molar-refractivity contribution >= 4 is 68.4 Å². The third kappa shape index (κ3) is 4.72. The summed E-state index contributed by atoms with van der Waals surface area (Å²) in [4.78, 5) is 0. The van der Waals surface area contributed by atoms with E-state index in [1.54, 1.807) is 12.1 Å². The minimum absolute atomic E-state index is 0.463. The molecule has 0 saturated heterocycles. The molecule has 0 fully saturated rings. The molecule has 0 atom stereocenters. The monoisotopic (exact) mass is 547 g/mol. The largest absolute Gasteiger partial charge is 0.487 e. The summed E-state index contributed by atoms with van der Waals surface area (Å²) in [5.41, 5.74) is 2.19. The van der Waals surface area contributed by atoms with Gasteiger partial charge in [-0.15, -0.1) is 0 Å². The normalized spacial score (nSPS) is 11.0. The summed E-state index contributed by atoms with van der Waals surface area (Å²) in [6, 6.07) is 13.5. The maximum absolute atomic E-state index is 9.46. The molecular weight excluding hydrogens is 535 g/mol. The van der Waals surface area contributed by atoms with Gasteiger partial charge in [0.05, 0.1) is 18.8 Å². The van der Waals surface area contributed by atoms with Crippen LogP contribution >= 0.6 is 56.8 Å². The zero-order chi connectivity index (χ0) is 16.8. The molecule has 0 radical (unpaired) electrons. The molecule has 0 saturated carbocycles. The van der Waals surface area contributed by atoms with Crippen molar-refractivity contribution in [3.8, 4) is 11.8 Å². The summed E-state index contributed by atoms with van der Waals surface area (Å²) in [7, 11) is 0. The zero-order valence-electron chi connectivity index (χ0n) is 12.0. The highest BCUT2D eigenvalue weighted by atomic mass is 127. The van der Waals surface area contributed by atoms with Gasteiger partial charge in [-0.05, 0) is 75.0 Å². The highest BCUT2D eigenvalue weighted by molar-refractivity contribution is 14.1. The van der Waals surface area contributed by atoms with Crippen LogP contribution in [0.15, 0.2) is 49.1 Å². The van der Waals surface area contributed by atoms with Gasteiger partial charge in [-0.25, -0.2) is 0 Å². The van der Waals surface area contributed by atoms with Crippen molar-refractivity contribution < 1.29 is 4.74 Å². The Morgan fingerprint density at radius 2 is 1.91 bits per heavy atom. The molecule has 5 heteroatoms. The lowest BCUT2D eigenvalue weighted by Crippen LogP contribution is -1.98. The fraction of sp³-hybridized carbons (Fsp3) is 0.0556. The van der Waals surface area contributed by atoms with Crippen molar-refractivity contribution in [2.75, 3.05) is 6.61 Å². The van der Waals surface area contributed by atoms with Crippen LogP contribution in [0.5, 0.6) is 5.75 Å². The number of nitrogens with zero attached hydrogens (tertiary/aromatic N) is 1. The van der Waals surface area contributed by atoms with Crippen LogP contribution in [0.3, 0.4) is 0 Å². The molecule has 116 valence electrons. The topological polar surface area (TPSA) is 33.0 Å². The molecule has 0 aliphatic heterocycles. The van der Waals surface area contributed by atoms with Crippen LogP contribution < -0.4 is 4.74 Å². The highest BCUT2D eigenvalue weighted by Gasteiger charge is 2.10. The highest BCUT2D eigenvalue weighted by Crippen LogP contribution is 2.31. The van der Waals surface area contributed by atoms with Gasteiger partial charge in [0.15, 0.2) is 0 Å². The van der Waals surface area contributed by atoms with Gasteiger partial charge in [-0.2, -0.15) is 5.26 Å². The van der Waals surface area contributed by atoms with E-state index in [9.17, 15) is 5.26 Å². The third-order valence-electron chi connectivity index (χ3n) is 2.96. The Balaban J connectivity index is 2.44. The molecule has 0 spiro atoms. The fourth-order valence-corrected chi connectivity index (χ4v) is 4.32. The Kier molecular flexibility index (Phi) is 6.93. The molecule has 0 amide bonds. The minimum atomic E-state index is 0.463. The average Bonchev–Trinajstić information content (AvgIpc) is 2.53. The number of hydrogen-bond donors (Lipinski definition) is 0. The van der Waals surface area contributed by atoms with Crippen molar-refractivity contribution in [1.29, 1.82) is 5.26 Å². The second kappa shape index (κ2) is 8.71. The number of rotatable bonds is 5. The second-order valence-electron chi connectivity index (χ2n) is 4.56. The molecule has 0 unspecified atom stereocenters. The van der Waals surface area contributed by atoms with E-state index in [4.69, 9.17) is 16.3 Å². The summed E-state index contributed by atoms with van der Waals surface area (Å²) in [5, 5.41) is 10.0. The molecule has 0 bridgehead atoms. The molecule has 0 N–H and O–H groups in total. The number of ether oxygens (including phenoxy) is 1.